The third kappa shape index (κ3) is 5.94. The van der Waals surface area contributed by atoms with Gasteiger partial charge in [-0.2, -0.15) is 13.2 Å². The average Bonchev–Trinajstić information content (AvgIpc) is 3.46. The molecular formula is C29H26ClF3N4O2. The first kappa shape index (κ1) is 26.8. The number of carbonyl (C=O) groups excluding carboxylic acids is 1. The van der Waals surface area contributed by atoms with Crippen molar-refractivity contribution >= 4 is 23.2 Å². The molecule has 2 heterocycles. The van der Waals surface area contributed by atoms with E-state index in [2.05, 4.69) is 14.9 Å². The predicted molar refractivity (Wildman–Crippen MR) is 144 cm³/mol. The molecule has 1 fully saturated rings. The van der Waals surface area contributed by atoms with Crippen molar-refractivity contribution in [2.24, 2.45) is 0 Å². The zero-order chi connectivity index (χ0) is 27.6. The van der Waals surface area contributed by atoms with Crippen LogP contribution in [0.4, 0.5) is 18.9 Å². The molecule has 39 heavy (non-hydrogen) atoms. The van der Waals surface area contributed by atoms with E-state index in [1.165, 1.54) is 13.2 Å². The number of piperazine rings is 1. The standard InChI is InChI=1S/C29H26ClF3N4O2/c1-39-27-14-21(29(31,32)33)9-10-24(27)20-7-5-19(6-8-20)13-26(25-16-34-18-35-25)36-11-12-37(28(38)17-36)23-4-2-3-22(30)15-23/h2-10,14-16,18,26H,11-13,17H2,1H3,(H,34,35). The Morgan fingerprint density at radius 2 is 1.87 bits per heavy atom. The number of hydrogen-bond donors (Lipinski definition) is 1. The highest BCUT2D eigenvalue weighted by Gasteiger charge is 2.32. The highest BCUT2D eigenvalue weighted by atomic mass is 35.5. The number of carbonyl (C=O) groups is 1. The normalized spacial score (nSPS) is 15.4. The van der Waals surface area contributed by atoms with Crippen LogP contribution in [-0.2, 0) is 17.4 Å². The SMILES string of the molecule is COc1cc(C(F)(F)F)ccc1-c1ccc(CC(c2cnc[nH]2)N2CCN(c3cccc(Cl)c3)C(=O)C2)cc1. The van der Waals surface area contributed by atoms with E-state index in [9.17, 15) is 18.0 Å². The van der Waals surface area contributed by atoms with Crippen LogP contribution >= 0.6 is 11.6 Å². The smallest absolute Gasteiger partial charge is 0.416 e. The number of ether oxygens (including phenoxy) is 1. The number of hydrogen-bond acceptors (Lipinski definition) is 4. The van der Waals surface area contributed by atoms with Gasteiger partial charge in [-0.3, -0.25) is 9.69 Å². The largest absolute Gasteiger partial charge is 0.496 e. The molecular weight excluding hydrogens is 529 g/mol. The summed E-state index contributed by atoms with van der Waals surface area (Å²) in [5, 5.41) is 0.579. The third-order valence-corrected chi connectivity index (χ3v) is 7.15. The monoisotopic (exact) mass is 554 g/mol. The van der Waals surface area contributed by atoms with E-state index in [0.29, 0.717) is 30.1 Å². The van der Waals surface area contributed by atoms with Crippen molar-refractivity contribution in [2.75, 3.05) is 31.6 Å². The minimum atomic E-state index is -4.45. The molecule has 10 heteroatoms. The number of methoxy groups -OCH3 is 1. The van der Waals surface area contributed by atoms with E-state index in [0.717, 1.165) is 34.6 Å². The molecule has 1 atom stereocenters. The van der Waals surface area contributed by atoms with Gasteiger partial charge in [0.05, 0.1) is 37.3 Å². The molecule has 0 radical (unpaired) electrons. The van der Waals surface area contributed by atoms with Crippen molar-refractivity contribution in [3.63, 3.8) is 0 Å². The lowest BCUT2D eigenvalue weighted by Crippen LogP contribution is -2.51. The number of anilines is 1. The van der Waals surface area contributed by atoms with E-state index in [1.54, 1.807) is 29.6 Å². The van der Waals surface area contributed by atoms with Gasteiger partial charge in [0.1, 0.15) is 5.75 Å². The molecule has 0 aliphatic carbocycles. The third-order valence-electron chi connectivity index (χ3n) is 6.91. The van der Waals surface area contributed by atoms with Crippen LogP contribution in [0.2, 0.25) is 5.02 Å². The number of aromatic amines is 1. The Balaban J connectivity index is 1.34. The van der Waals surface area contributed by atoms with Gasteiger partial charge in [0.25, 0.3) is 0 Å². The maximum Gasteiger partial charge on any atom is 0.416 e. The molecule has 0 bridgehead atoms. The van der Waals surface area contributed by atoms with E-state index in [1.807, 2.05) is 36.4 Å². The first-order valence-electron chi connectivity index (χ1n) is 12.4. The number of halogens is 4. The van der Waals surface area contributed by atoms with E-state index in [4.69, 9.17) is 16.3 Å². The Labute approximate surface area is 229 Å². The summed E-state index contributed by atoms with van der Waals surface area (Å²) >= 11 is 6.13. The predicted octanol–water partition coefficient (Wildman–Crippen LogP) is 6.39. The molecule has 5 rings (SSSR count). The molecule has 4 aromatic rings. The molecule has 1 aliphatic heterocycles. The quantitative estimate of drug-likeness (QED) is 0.287. The molecule has 1 aliphatic rings. The van der Waals surface area contributed by atoms with Gasteiger partial charge in [0.2, 0.25) is 5.91 Å². The first-order valence-corrected chi connectivity index (χ1v) is 12.7. The van der Waals surface area contributed by atoms with Crippen LogP contribution in [0.25, 0.3) is 11.1 Å². The number of H-pyrrole nitrogens is 1. The average molecular weight is 555 g/mol. The highest BCUT2D eigenvalue weighted by Crippen LogP contribution is 2.37. The zero-order valence-electron chi connectivity index (χ0n) is 21.1. The Morgan fingerprint density at radius 1 is 1.08 bits per heavy atom. The fourth-order valence-electron chi connectivity index (χ4n) is 4.91. The highest BCUT2D eigenvalue weighted by molar-refractivity contribution is 6.30. The Kier molecular flexibility index (Phi) is 7.63. The summed E-state index contributed by atoms with van der Waals surface area (Å²) < 4.78 is 44.7. The molecule has 1 saturated heterocycles. The van der Waals surface area contributed by atoms with Gasteiger partial charge in [0.15, 0.2) is 0 Å². The van der Waals surface area contributed by atoms with Crippen LogP contribution in [0, 0.1) is 0 Å². The van der Waals surface area contributed by atoms with Gasteiger partial charge in [-0.25, -0.2) is 4.98 Å². The summed E-state index contributed by atoms with van der Waals surface area (Å²) in [7, 11) is 1.36. The number of rotatable bonds is 7. The molecule has 0 saturated carbocycles. The van der Waals surface area contributed by atoms with Crippen LogP contribution in [0.5, 0.6) is 5.75 Å². The number of nitrogens with one attached hydrogen (secondary N) is 1. The molecule has 1 unspecified atom stereocenters. The maximum absolute atomic E-state index is 13.1. The topological polar surface area (TPSA) is 61.5 Å². The number of aromatic nitrogens is 2. The summed E-state index contributed by atoms with van der Waals surface area (Å²) in [4.78, 5) is 24.4. The first-order chi connectivity index (χ1) is 18.7. The molecule has 1 aromatic heterocycles. The zero-order valence-corrected chi connectivity index (χ0v) is 21.8. The minimum absolute atomic E-state index is 0.0159. The minimum Gasteiger partial charge on any atom is -0.496 e. The summed E-state index contributed by atoms with van der Waals surface area (Å²) in [5.74, 6) is 0.141. The molecule has 0 spiro atoms. The van der Waals surface area contributed by atoms with Gasteiger partial charge in [-0.1, -0.05) is 48.0 Å². The second kappa shape index (κ2) is 11.1. The Bertz CT molecular complexity index is 1440. The van der Waals surface area contributed by atoms with Crippen molar-refractivity contribution in [1.29, 1.82) is 0 Å². The van der Waals surface area contributed by atoms with Crippen LogP contribution in [0.15, 0.2) is 79.3 Å². The van der Waals surface area contributed by atoms with Crippen LogP contribution in [0.3, 0.4) is 0 Å². The van der Waals surface area contributed by atoms with Gasteiger partial charge in [0, 0.05) is 35.6 Å². The lowest BCUT2D eigenvalue weighted by molar-refractivity contribution is -0.137. The second-order valence-corrected chi connectivity index (χ2v) is 9.77. The van der Waals surface area contributed by atoms with Crippen LogP contribution in [-0.4, -0.2) is 47.5 Å². The van der Waals surface area contributed by atoms with Crippen molar-refractivity contribution in [2.45, 2.75) is 18.6 Å². The maximum atomic E-state index is 13.1. The lowest BCUT2D eigenvalue weighted by atomic mass is 9.97. The van der Waals surface area contributed by atoms with Crippen molar-refractivity contribution in [3.8, 4) is 16.9 Å². The fourth-order valence-corrected chi connectivity index (χ4v) is 5.09. The van der Waals surface area contributed by atoms with Crippen molar-refractivity contribution in [1.82, 2.24) is 14.9 Å². The van der Waals surface area contributed by atoms with Crippen LogP contribution in [0.1, 0.15) is 22.9 Å². The molecule has 1 N–H and O–H groups in total. The van der Waals surface area contributed by atoms with E-state index >= 15 is 0 Å². The van der Waals surface area contributed by atoms with Gasteiger partial charge >= 0.3 is 6.18 Å². The summed E-state index contributed by atoms with van der Waals surface area (Å²) in [6.07, 6.45) is -0.457. The molecule has 202 valence electrons. The summed E-state index contributed by atoms with van der Waals surface area (Å²) in [6.45, 7) is 1.41. The van der Waals surface area contributed by atoms with Crippen molar-refractivity contribution in [3.05, 3.63) is 101 Å². The molecule has 1 amide bonds. The van der Waals surface area contributed by atoms with Gasteiger partial charge < -0.3 is 14.6 Å². The second-order valence-electron chi connectivity index (χ2n) is 9.33. The summed E-state index contributed by atoms with van der Waals surface area (Å²) in [5.41, 5.74) is 3.24. The number of nitrogens with zero attached hydrogens (tertiary/aromatic N) is 3. The van der Waals surface area contributed by atoms with E-state index in [-0.39, 0.29) is 24.2 Å². The Hall–Kier alpha value is -3.82. The molecule has 3 aromatic carbocycles. The number of alkyl halides is 3. The van der Waals surface area contributed by atoms with E-state index < -0.39 is 11.7 Å². The molecule has 6 nitrogen and oxygen atoms in total. The van der Waals surface area contributed by atoms with Gasteiger partial charge in [-0.15, -0.1) is 0 Å². The fraction of sp³-hybridized carbons (Fsp3) is 0.241. The van der Waals surface area contributed by atoms with Crippen molar-refractivity contribution < 1.29 is 22.7 Å². The van der Waals surface area contributed by atoms with Crippen LogP contribution < -0.4 is 9.64 Å². The lowest BCUT2D eigenvalue weighted by Gasteiger charge is -2.38. The van der Waals surface area contributed by atoms with Gasteiger partial charge in [-0.05, 0) is 47.9 Å². The number of imidazole rings is 1. The summed E-state index contributed by atoms with van der Waals surface area (Å²) in [6, 6.07) is 18.3. The number of amides is 1. The Morgan fingerprint density at radius 3 is 2.51 bits per heavy atom. The number of benzene rings is 3.